The molecule has 0 amide bonds. The zero-order valence-corrected chi connectivity index (χ0v) is 4.39. The number of hydrogen-bond donors (Lipinski definition) is 1. The van der Waals surface area contributed by atoms with Crippen LogP contribution >= 0.6 is 0 Å². The average Bonchev–Trinajstić information content (AvgIpc) is 2.19. The molecular formula is C5H11NO. The Balaban J connectivity index is 2.06. The van der Waals surface area contributed by atoms with E-state index in [-0.39, 0.29) is 0 Å². The minimum absolute atomic E-state index is 0.486. The predicted molar refractivity (Wildman–Crippen MR) is 27.9 cm³/mol. The Kier molecular flexibility index (Phi) is 1.26. The largest absolute Gasteiger partial charge is 0.381 e. The zero-order valence-electron chi connectivity index (χ0n) is 5.39. The number of rotatable bonds is 2. The molecule has 0 unspecified atom stereocenters. The van der Waals surface area contributed by atoms with E-state index in [1.807, 2.05) is 0 Å². The molecule has 1 heterocycles. The fourth-order valence-corrected chi connectivity index (χ4v) is 0.912. The average molecular weight is 102 g/mol. The van der Waals surface area contributed by atoms with Crippen LogP contribution < -0.4 is 0 Å². The topological polar surface area (TPSA) is 23.5 Å². The van der Waals surface area contributed by atoms with E-state index in [1.165, 1.54) is 12.8 Å². The van der Waals surface area contributed by atoms with Crippen LogP contribution in [0, 0.1) is 0 Å². The maximum Gasteiger partial charge on any atom is 0.212 e. The van der Waals surface area contributed by atoms with Crippen molar-refractivity contribution in [3.05, 3.63) is 0 Å². The highest BCUT2D eigenvalue weighted by Gasteiger charge is 2.07. The molecule has 1 aliphatic heterocycles. The summed E-state index contributed by atoms with van der Waals surface area (Å²) in [7, 11) is 0. The lowest BCUT2D eigenvalue weighted by molar-refractivity contribution is 0.132. The summed E-state index contributed by atoms with van der Waals surface area (Å²) in [6.07, 6.45) is 2.53. The second-order valence-electron chi connectivity index (χ2n) is 1.95. The second-order valence-corrected chi connectivity index (χ2v) is 1.95. The predicted octanol–water partition coefficient (Wildman–Crippen LogP) is 0.0320. The molecule has 0 spiro atoms. The summed E-state index contributed by atoms with van der Waals surface area (Å²) in [6.45, 7) is 2.71. The molecule has 0 saturated carbocycles. The summed E-state index contributed by atoms with van der Waals surface area (Å²) in [5.74, 6) is 0. The first-order chi connectivity index (χ1) is 3.93. The van der Waals surface area contributed by atoms with Crippen LogP contribution in [0.3, 0.4) is 0 Å². The summed E-state index contributed by atoms with van der Waals surface area (Å²) < 4.78 is 6.43. The Hall–Kier alpha value is -0.0800. The number of aliphatic hydroxyl groups excluding tert-OH is 1. The van der Waals surface area contributed by atoms with Crippen molar-refractivity contribution in [2.75, 3.05) is 19.8 Å². The second kappa shape index (κ2) is 2.28. The van der Waals surface area contributed by atoms with Gasteiger partial charge in [-0.3, -0.25) is 4.90 Å². The van der Waals surface area contributed by atoms with Crippen molar-refractivity contribution in [2.45, 2.75) is 12.8 Å². The molecule has 1 fully saturated rings. The van der Waals surface area contributed by atoms with E-state index in [0.29, 0.717) is 6.73 Å². The van der Waals surface area contributed by atoms with Gasteiger partial charge in [0.1, 0.15) is 0 Å². The quantitative estimate of drug-likeness (QED) is 0.532. The Morgan fingerprint density at radius 3 is 2.86 bits per heavy atom. The molecule has 0 atom stereocenters. The van der Waals surface area contributed by atoms with Gasteiger partial charge in [-0.05, 0) is 12.8 Å². The van der Waals surface area contributed by atoms with E-state index in [4.69, 9.17) is 1.43 Å². The molecule has 0 aliphatic carbocycles. The Morgan fingerprint density at radius 2 is 2.29 bits per heavy atom. The van der Waals surface area contributed by atoms with E-state index < -0.39 is 0 Å². The fourth-order valence-electron chi connectivity index (χ4n) is 0.912. The molecule has 0 radical (unpaired) electrons. The molecule has 42 valence electrons. The molecule has 7 heavy (non-hydrogen) atoms. The third-order valence-electron chi connectivity index (χ3n) is 1.38. The molecule has 0 bridgehead atoms. The normalized spacial score (nSPS) is 25.4. The highest BCUT2D eigenvalue weighted by atomic mass is 16.3. The molecule has 2 heteroatoms. The minimum atomic E-state index is 0.486. The van der Waals surface area contributed by atoms with Crippen molar-refractivity contribution < 1.29 is 5.11 Å². The van der Waals surface area contributed by atoms with Gasteiger partial charge in [0.25, 0.3) is 0 Å². The van der Waals surface area contributed by atoms with Crippen LogP contribution in [0.15, 0.2) is 0 Å². The number of hydrogen-bond acceptors (Lipinski definition) is 2. The first-order valence-electron chi connectivity index (χ1n) is 3.15. The van der Waals surface area contributed by atoms with E-state index in [9.17, 15) is 0 Å². The van der Waals surface area contributed by atoms with Crippen molar-refractivity contribution in [3.8, 4) is 0 Å². The van der Waals surface area contributed by atoms with Gasteiger partial charge in [-0.2, -0.15) is 0 Å². The maximum atomic E-state index is 6.43. The zero-order chi connectivity index (χ0) is 5.82. The lowest BCUT2D eigenvalue weighted by atomic mass is 10.4. The Labute approximate surface area is 45.2 Å². The Bertz CT molecular complexity index is 63.4. The van der Waals surface area contributed by atoms with E-state index >= 15 is 0 Å². The van der Waals surface area contributed by atoms with Crippen LogP contribution in [0.1, 0.15) is 12.8 Å². The maximum absolute atomic E-state index is 6.43. The highest BCUT2D eigenvalue weighted by Crippen LogP contribution is 2.04. The highest BCUT2D eigenvalue weighted by molar-refractivity contribution is 4.60. The van der Waals surface area contributed by atoms with Crippen LogP contribution in [-0.2, 0) is 0 Å². The van der Waals surface area contributed by atoms with Gasteiger partial charge in [0.15, 0.2) is 0 Å². The first-order valence-corrected chi connectivity index (χ1v) is 2.74. The number of likely N-dealkylation sites (tertiary alicyclic amines) is 1. The summed E-state index contributed by atoms with van der Waals surface area (Å²) in [4.78, 5) is 2.13. The molecule has 2 nitrogen and oxygen atoms in total. The van der Waals surface area contributed by atoms with Gasteiger partial charge in [0, 0.05) is 13.1 Å². The van der Waals surface area contributed by atoms with Gasteiger partial charge in [0.05, 0.1) is 6.73 Å². The summed E-state index contributed by atoms with van der Waals surface area (Å²) >= 11 is 0. The molecular weight excluding hydrogens is 90.1 g/mol. The van der Waals surface area contributed by atoms with Gasteiger partial charge < -0.3 is 5.11 Å². The van der Waals surface area contributed by atoms with E-state index in [0.717, 1.165) is 13.1 Å². The Morgan fingerprint density at radius 1 is 1.57 bits per heavy atom. The van der Waals surface area contributed by atoms with Crippen LogP contribution in [0.25, 0.3) is 0 Å². The third kappa shape index (κ3) is 1.14. The molecule has 0 aromatic heterocycles. The summed E-state index contributed by atoms with van der Waals surface area (Å²) in [5.41, 5.74) is 0. The summed E-state index contributed by atoms with van der Waals surface area (Å²) in [5, 5.41) is 4.20. The van der Waals surface area contributed by atoms with Crippen LogP contribution in [0.5, 0.6) is 0 Å². The minimum Gasteiger partial charge on any atom is -0.381 e. The van der Waals surface area contributed by atoms with Crippen molar-refractivity contribution in [1.82, 2.24) is 4.90 Å². The fraction of sp³-hybridized carbons (Fsp3) is 1.00. The number of aliphatic hydroxyl groups is 1. The van der Waals surface area contributed by atoms with Crippen molar-refractivity contribution in [3.63, 3.8) is 0 Å². The van der Waals surface area contributed by atoms with Gasteiger partial charge in [-0.25, -0.2) is 0 Å². The molecule has 1 rings (SSSR count). The molecule has 1 aliphatic rings. The van der Waals surface area contributed by atoms with E-state index in [1.54, 1.807) is 0 Å². The van der Waals surface area contributed by atoms with Crippen LogP contribution in [0.4, 0.5) is 0 Å². The lowest BCUT2D eigenvalue weighted by Gasteiger charge is -2.07. The van der Waals surface area contributed by atoms with Gasteiger partial charge in [-0.15, -0.1) is 0 Å². The van der Waals surface area contributed by atoms with Gasteiger partial charge in [0.2, 0.25) is 1.43 Å². The van der Waals surface area contributed by atoms with Crippen molar-refractivity contribution >= 4 is 0 Å². The first kappa shape index (κ1) is 3.87. The SMILES string of the molecule is [2H]OCN1CCCC1. The monoisotopic (exact) mass is 102 g/mol. The lowest BCUT2D eigenvalue weighted by Crippen LogP contribution is -2.19. The summed E-state index contributed by atoms with van der Waals surface area (Å²) in [6, 6.07) is 0. The van der Waals surface area contributed by atoms with Crippen LogP contribution in [0.2, 0.25) is 0 Å². The van der Waals surface area contributed by atoms with Gasteiger partial charge in [-0.1, -0.05) is 0 Å². The smallest absolute Gasteiger partial charge is 0.212 e. The van der Waals surface area contributed by atoms with Crippen molar-refractivity contribution in [2.24, 2.45) is 0 Å². The molecule has 1 saturated heterocycles. The standard InChI is InChI=1S/C5H11NO/c7-5-6-3-1-2-4-6/h7H,1-5H2/i7D. The van der Waals surface area contributed by atoms with Gasteiger partial charge >= 0.3 is 0 Å². The van der Waals surface area contributed by atoms with Crippen molar-refractivity contribution in [1.29, 1.82) is 1.43 Å². The molecule has 0 aromatic carbocycles. The number of nitrogens with zero attached hydrogens (tertiary/aromatic N) is 1. The molecule has 1 N–H and O–H groups in total. The molecule has 0 aromatic rings. The third-order valence-corrected chi connectivity index (χ3v) is 1.38. The van der Waals surface area contributed by atoms with Crippen LogP contribution in [-0.4, -0.2) is 31.3 Å². The van der Waals surface area contributed by atoms with E-state index in [2.05, 4.69) is 10.0 Å².